The molecule has 0 saturated heterocycles. The summed E-state index contributed by atoms with van der Waals surface area (Å²) in [4.78, 5) is 15.6. The molecule has 0 fully saturated rings. The standard InChI is InChI=1S/C16H20N2O3/c1-4-16(3,15(19)20)17-9-13-10-21-14(18-13)12-7-5-11(2)6-8-12/h5-8,10,17H,4,9H2,1-3H3,(H,19,20). The summed E-state index contributed by atoms with van der Waals surface area (Å²) in [7, 11) is 0. The summed E-state index contributed by atoms with van der Waals surface area (Å²) in [5.41, 5.74) is 1.81. The van der Waals surface area contributed by atoms with Gasteiger partial charge in [0.15, 0.2) is 0 Å². The smallest absolute Gasteiger partial charge is 0.323 e. The van der Waals surface area contributed by atoms with Crippen LogP contribution in [0.5, 0.6) is 0 Å². The van der Waals surface area contributed by atoms with Crippen LogP contribution in [0.3, 0.4) is 0 Å². The van der Waals surface area contributed by atoms with Crippen LogP contribution in [0, 0.1) is 6.92 Å². The molecule has 0 aliphatic heterocycles. The van der Waals surface area contributed by atoms with Crippen molar-refractivity contribution in [3.05, 3.63) is 41.8 Å². The highest BCUT2D eigenvalue weighted by atomic mass is 16.4. The lowest BCUT2D eigenvalue weighted by Gasteiger charge is -2.23. The first kappa shape index (κ1) is 15.3. The molecule has 0 amide bonds. The first-order chi connectivity index (χ1) is 9.94. The molecule has 0 radical (unpaired) electrons. The molecule has 1 heterocycles. The van der Waals surface area contributed by atoms with Crippen LogP contribution in [0.1, 0.15) is 31.5 Å². The van der Waals surface area contributed by atoms with Crippen molar-refractivity contribution in [3.63, 3.8) is 0 Å². The van der Waals surface area contributed by atoms with Crippen LogP contribution in [0.4, 0.5) is 0 Å². The maximum Gasteiger partial charge on any atom is 0.323 e. The van der Waals surface area contributed by atoms with Crippen LogP contribution in [0.15, 0.2) is 34.9 Å². The molecule has 1 aromatic carbocycles. The molecular weight excluding hydrogens is 268 g/mol. The first-order valence-corrected chi connectivity index (χ1v) is 6.94. The van der Waals surface area contributed by atoms with Gasteiger partial charge in [-0.05, 0) is 32.4 Å². The molecule has 0 saturated carbocycles. The van der Waals surface area contributed by atoms with Gasteiger partial charge in [0, 0.05) is 12.1 Å². The van der Waals surface area contributed by atoms with Crippen LogP contribution in [0.2, 0.25) is 0 Å². The topological polar surface area (TPSA) is 75.4 Å². The Balaban J connectivity index is 2.07. The number of rotatable bonds is 6. The zero-order chi connectivity index (χ0) is 15.5. The highest BCUT2D eigenvalue weighted by Gasteiger charge is 2.30. The molecule has 1 unspecified atom stereocenters. The second-order valence-corrected chi connectivity index (χ2v) is 5.35. The largest absolute Gasteiger partial charge is 0.480 e. The minimum atomic E-state index is -0.955. The number of aryl methyl sites for hydroxylation is 1. The van der Waals surface area contributed by atoms with Crippen molar-refractivity contribution in [1.29, 1.82) is 0 Å². The van der Waals surface area contributed by atoms with Gasteiger partial charge in [-0.25, -0.2) is 4.98 Å². The summed E-state index contributed by atoms with van der Waals surface area (Å²) in [6.07, 6.45) is 2.05. The fraction of sp³-hybridized carbons (Fsp3) is 0.375. The number of nitrogens with one attached hydrogen (secondary N) is 1. The van der Waals surface area contributed by atoms with Gasteiger partial charge in [-0.1, -0.05) is 24.6 Å². The number of aliphatic carboxylic acids is 1. The van der Waals surface area contributed by atoms with Crippen molar-refractivity contribution in [2.24, 2.45) is 0 Å². The van der Waals surface area contributed by atoms with E-state index in [1.807, 2.05) is 38.1 Å². The number of hydrogen-bond donors (Lipinski definition) is 2. The molecule has 21 heavy (non-hydrogen) atoms. The average molecular weight is 288 g/mol. The van der Waals surface area contributed by atoms with E-state index in [0.717, 1.165) is 5.56 Å². The monoisotopic (exact) mass is 288 g/mol. The van der Waals surface area contributed by atoms with Crippen LogP contribution in [0.25, 0.3) is 11.5 Å². The Hall–Kier alpha value is -2.14. The molecule has 2 rings (SSSR count). The van der Waals surface area contributed by atoms with E-state index >= 15 is 0 Å². The van der Waals surface area contributed by atoms with Gasteiger partial charge in [0.2, 0.25) is 5.89 Å². The van der Waals surface area contributed by atoms with Crippen molar-refractivity contribution in [2.45, 2.75) is 39.3 Å². The summed E-state index contributed by atoms with van der Waals surface area (Å²) in [5, 5.41) is 12.2. The number of carbonyl (C=O) groups is 1. The predicted octanol–water partition coefficient (Wildman–Crippen LogP) is 2.99. The number of hydrogen-bond acceptors (Lipinski definition) is 4. The highest BCUT2D eigenvalue weighted by Crippen LogP contribution is 2.19. The molecule has 2 N–H and O–H groups in total. The Morgan fingerprint density at radius 1 is 1.38 bits per heavy atom. The van der Waals surface area contributed by atoms with Crippen LogP contribution >= 0.6 is 0 Å². The summed E-state index contributed by atoms with van der Waals surface area (Å²) in [5.74, 6) is -0.326. The quantitative estimate of drug-likeness (QED) is 0.854. The zero-order valence-electron chi connectivity index (χ0n) is 12.5. The van der Waals surface area contributed by atoms with E-state index in [4.69, 9.17) is 4.42 Å². The van der Waals surface area contributed by atoms with E-state index in [1.165, 1.54) is 5.56 Å². The zero-order valence-corrected chi connectivity index (χ0v) is 12.5. The lowest BCUT2D eigenvalue weighted by molar-refractivity contribution is -0.144. The number of carboxylic acids is 1. The third kappa shape index (κ3) is 3.49. The number of nitrogens with zero attached hydrogens (tertiary/aromatic N) is 1. The second kappa shape index (κ2) is 6.10. The van der Waals surface area contributed by atoms with Gasteiger partial charge in [-0.15, -0.1) is 0 Å². The Morgan fingerprint density at radius 2 is 2.05 bits per heavy atom. The molecule has 0 aliphatic carbocycles. The number of benzene rings is 1. The normalized spacial score (nSPS) is 13.9. The fourth-order valence-corrected chi connectivity index (χ4v) is 1.85. The average Bonchev–Trinajstić information content (AvgIpc) is 2.94. The van der Waals surface area contributed by atoms with E-state index < -0.39 is 11.5 Å². The maximum absolute atomic E-state index is 11.2. The predicted molar refractivity (Wildman–Crippen MR) is 79.8 cm³/mol. The van der Waals surface area contributed by atoms with Crippen molar-refractivity contribution in [1.82, 2.24) is 10.3 Å². The van der Waals surface area contributed by atoms with Crippen LogP contribution in [-0.2, 0) is 11.3 Å². The second-order valence-electron chi connectivity index (χ2n) is 5.35. The molecule has 0 spiro atoms. The Morgan fingerprint density at radius 3 is 2.62 bits per heavy atom. The number of carboxylic acid groups (broad SMARTS) is 1. The van der Waals surface area contributed by atoms with E-state index in [2.05, 4.69) is 10.3 Å². The highest BCUT2D eigenvalue weighted by molar-refractivity contribution is 5.78. The summed E-state index contributed by atoms with van der Waals surface area (Å²) in [6, 6.07) is 7.89. The molecule has 2 aromatic rings. The summed E-state index contributed by atoms with van der Waals surface area (Å²) in [6.45, 7) is 5.87. The lowest BCUT2D eigenvalue weighted by atomic mass is 9.99. The molecule has 0 bridgehead atoms. The minimum Gasteiger partial charge on any atom is -0.480 e. The van der Waals surface area contributed by atoms with Gasteiger partial charge >= 0.3 is 5.97 Å². The maximum atomic E-state index is 11.2. The van der Waals surface area contributed by atoms with E-state index in [-0.39, 0.29) is 0 Å². The third-order valence-corrected chi connectivity index (χ3v) is 3.69. The summed E-state index contributed by atoms with van der Waals surface area (Å²) >= 11 is 0. The molecule has 0 aliphatic rings. The van der Waals surface area contributed by atoms with Gasteiger partial charge in [0.05, 0.1) is 5.69 Å². The van der Waals surface area contributed by atoms with Gasteiger partial charge in [0.1, 0.15) is 11.8 Å². The Kier molecular flexibility index (Phi) is 4.43. The van der Waals surface area contributed by atoms with E-state index in [1.54, 1.807) is 13.2 Å². The summed E-state index contributed by atoms with van der Waals surface area (Å²) < 4.78 is 5.45. The molecule has 112 valence electrons. The van der Waals surface area contributed by atoms with Gasteiger partial charge < -0.3 is 9.52 Å². The van der Waals surface area contributed by atoms with Crippen molar-refractivity contribution >= 4 is 5.97 Å². The molecule has 1 aromatic heterocycles. The molecule has 5 nitrogen and oxygen atoms in total. The molecular formula is C16H20N2O3. The Bertz CT molecular complexity index is 619. The van der Waals surface area contributed by atoms with Crippen molar-refractivity contribution in [3.8, 4) is 11.5 Å². The minimum absolute atomic E-state index is 0.353. The van der Waals surface area contributed by atoms with Gasteiger partial charge in [-0.3, -0.25) is 10.1 Å². The lowest BCUT2D eigenvalue weighted by Crippen LogP contribution is -2.48. The third-order valence-electron chi connectivity index (χ3n) is 3.69. The van der Waals surface area contributed by atoms with Crippen LogP contribution < -0.4 is 5.32 Å². The Labute approximate surface area is 124 Å². The van der Waals surface area contributed by atoms with Crippen LogP contribution in [-0.4, -0.2) is 21.6 Å². The van der Waals surface area contributed by atoms with Gasteiger partial charge in [0.25, 0.3) is 0 Å². The van der Waals surface area contributed by atoms with E-state index in [0.29, 0.717) is 24.6 Å². The fourth-order valence-electron chi connectivity index (χ4n) is 1.85. The van der Waals surface area contributed by atoms with Crippen molar-refractivity contribution < 1.29 is 14.3 Å². The SMILES string of the molecule is CCC(C)(NCc1coc(-c2ccc(C)cc2)n1)C(=O)O. The van der Waals surface area contributed by atoms with Crippen molar-refractivity contribution in [2.75, 3.05) is 0 Å². The van der Waals surface area contributed by atoms with Gasteiger partial charge in [-0.2, -0.15) is 0 Å². The number of oxazole rings is 1. The number of aromatic nitrogens is 1. The molecule has 5 heteroatoms. The first-order valence-electron chi connectivity index (χ1n) is 6.94. The molecule has 1 atom stereocenters. The van der Waals surface area contributed by atoms with E-state index in [9.17, 15) is 9.90 Å².